The van der Waals surface area contributed by atoms with Crippen LogP contribution >= 0.6 is 0 Å². The maximum Gasteiger partial charge on any atom is 0.321 e. The molecule has 4 aliphatic carbocycles. The van der Waals surface area contributed by atoms with Gasteiger partial charge >= 0.3 is 6.03 Å². The SMILES string of the molecule is CN(C)C(=O)c1ccccc1NCC(=O)NC(=O)NC12CC3CC(CC(C3)C1)C2. The van der Waals surface area contributed by atoms with E-state index in [4.69, 9.17) is 0 Å². The van der Waals surface area contributed by atoms with Crippen LogP contribution in [0.15, 0.2) is 24.3 Å². The number of anilines is 1. The summed E-state index contributed by atoms with van der Waals surface area (Å²) in [5.41, 5.74) is 0.934. The molecular weight excluding hydrogens is 368 g/mol. The lowest BCUT2D eigenvalue weighted by Gasteiger charge is -2.56. The highest BCUT2D eigenvalue weighted by atomic mass is 16.2. The second kappa shape index (κ2) is 7.69. The number of para-hydroxylation sites is 1. The zero-order chi connectivity index (χ0) is 20.6. The van der Waals surface area contributed by atoms with E-state index in [9.17, 15) is 14.4 Å². The highest BCUT2D eigenvalue weighted by Gasteiger charge is 2.51. The molecular formula is C22H30N4O3. The monoisotopic (exact) mass is 398 g/mol. The number of benzene rings is 1. The lowest BCUT2D eigenvalue weighted by Crippen LogP contribution is -2.62. The summed E-state index contributed by atoms with van der Waals surface area (Å²) in [6, 6.07) is 6.63. The van der Waals surface area contributed by atoms with Gasteiger partial charge in [-0.3, -0.25) is 14.9 Å². The van der Waals surface area contributed by atoms with Crippen molar-refractivity contribution in [2.24, 2.45) is 17.8 Å². The largest absolute Gasteiger partial charge is 0.375 e. The van der Waals surface area contributed by atoms with E-state index in [1.807, 2.05) is 0 Å². The van der Waals surface area contributed by atoms with E-state index in [1.54, 1.807) is 38.4 Å². The number of urea groups is 1. The molecule has 0 aromatic heterocycles. The molecule has 0 saturated heterocycles. The van der Waals surface area contributed by atoms with Crippen LogP contribution in [0.25, 0.3) is 0 Å². The standard InChI is InChI=1S/C22H30N4O3/c1-26(2)20(28)17-5-3-4-6-18(17)23-13-19(27)24-21(29)25-22-10-14-7-15(11-22)9-16(8-14)12-22/h3-6,14-16,23H,7-13H2,1-2H3,(H2,24,25,27,29). The van der Waals surface area contributed by atoms with Crippen molar-refractivity contribution >= 4 is 23.5 Å². The number of carbonyl (C=O) groups is 3. The Labute approximate surface area is 171 Å². The summed E-state index contributed by atoms with van der Waals surface area (Å²) in [5.74, 6) is 1.62. The quantitative estimate of drug-likeness (QED) is 0.711. The van der Waals surface area contributed by atoms with E-state index < -0.39 is 11.9 Å². The molecule has 4 aliphatic rings. The first-order valence-corrected chi connectivity index (χ1v) is 10.5. The van der Waals surface area contributed by atoms with E-state index in [1.165, 1.54) is 24.2 Å². The summed E-state index contributed by atoms with van der Waals surface area (Å²) in [4.78, 5) is 38.5. The van der Waals surface area contributed by atoms with Gasteiger partial charge in [0.25, 0.3) is 5.91 Å². The van der Waals surface area contributed by atoms with Gasteiger partial charge in [0.05, 0.1) is 12.1 Å². The van der Waals surface area contributed by atoms with Crippen LogP contribution in [0.3, 0.4) is 0 Å². The second-order valence-corrected chi connectivity index (χ2v) is 9.30. The highest BCUT2D eigenvalue weighted by Crippen LogP contribution is 2.55. The molecule has 4 saturated carbocycles. The molecule has 7 heteroatoms. The minimum Gasteiger partial charge on any atom is -0.375 e. The summed E-state index contributed by atoms with van der Waals surface area (Å²) in [6.45, 7) is -0.0774. The molecule has 4 fully saturated rings. The van der Waals surface area contributed by atoms with Crippen molar-refractivity contribution in [2.75, 3.05) is 26.0 Å². The van der Waals surface area contributed by atoms with Crippen LogP contribution in [0, 0.1) is 17.8 Å². The van der Waals surface area contributed by atoms with Crippen molar-refractivity contribution < 1.29 is 14.4 Å². The molecule has 0 radical (unpaired) electrons. The first kappa shape index (κ1) is 19.7. The summed E-state index contributed by atoms with van der Waals surface area (Å²) in [7, 11) is 3.36. The molecule has 0 spiro atoms. The Hall–Kier alpha value is -2.57. The van der Waals surface area contributed by atoms with Crippen LogP contribution in [0.1, 0.15) is 48.9 Å². The van der Waals surface area contributed by atoms with Crippen molar-refractivity contribution in [3.63, 3.8) is 0 Å². The van der Waals surface area contributed by atoms with Crippen molar-refractivity contribution in [1.82, 2.24) is 15.5 Å². The molecule has 1 aromatic carbocycles. The highest BCUT2D eigenvalue weighted by molar-refractivity contribution is 6.01. The number of carbonyl (C=O) groups excluding carboxylic acids is 3. The van der Waals surface area contributed by atoms with Gasteiger partial charge in [0.15, 0.2) is 0 Å². The van der Waals surface area contributed by atoms with Gasteiger partial charge in [-0.25, -0.2) is 4.79 Å². The zero-order valence-electron chi connectivity index (χ0n) is 17.2. The predicted molar refractivity (Wildman–Crippen MR) is 111 cm³/mol. The smallest absolute Gasteiger partial charge is 0.321 e. The fraction of sp³-hybridized carbons (Fsp3) is 0.591. The zero-order valence-corrected chi connectivity index (χ0v) is 17.2. The average Bonchev–Trinajstić information content (AvgIpc) is 2.64. The van der Waals surface area contributed by atoms with Crippen LogP contribution in [-0.4, -0.2) is 48.9 Å². The van der Waals surface area contributed by atoms with Gasteiger partial charge in [0.1, 0.15) is 0 Å². The van der Waals surface area contributed by atoms with Crippen LogP contribution in [-0.2, 0) is 4.79 Å². The van der Waals surface area contributed by atoms with Gasteiger partial charge in [0, 0.05) is 25.3 Å². The predicted octanol–water partition coefficient (Wildman–Crippen LogP) is 2.59. The van der Waals surface area contributed by atoms with Crippen LogP contribution < -0.4 is 16.0 Å². The van der Waals surface area contributed by atoms with Crippen molar-refractivity contribution in [3.8, 4) is 0 Å². The number of hydrogen-bond acceptors (Lipinski definition) is 4. The normalized spacial score (nSPS) is 29.2. The third kappa shape index (κ3) is 4.23. The Morgan fingerprint density at radius 1 is 1.00 bits per heavy atom. The Balaban J connectivity index is 1.31. The number of amides is 4. The van der Waals surface area contributed by atoms with E-state index >= 15 is 0 Å². The summed E-state index contributed by atoms with van der Waals surface area (Å²) >= 11 is 0. The fourth-order valence-electron chi connectivity index (χ4n) is 5.95. The molecule has 1 aromatic rings. The molecule has 0 heterocycles. The fourth-order valence-corrected chi connectivity index (χ4v) is 5.95. The Kier molecular flexibility index (Phi) is 5.23. The summed E-state index contributed by atoms with van der Waals surface area (Å²) < 4.78 is 0. The molecule has 29 heavy (non-hydrogen) atoms. The maximum atomic E-state index is 12.5. The minimum absolute atomic E-state index is 0.0774. The average molecular weight is 399 g/mol. The minimum atomic E-state index is -0.417. The van der Waals surface area contributed by atoms with Gasteiger partial charge in [0.2, 0.25) is 5.91 Å². The number of nitrogens with one attached hydrogen (secondary N) is 3. The molecule has 0 atom stereocenters. The van der Waals surface area contributed by atoms with E-state index in [0.717, 1.165) is 37.0 Å². The van der Waals surface area contributed by atoms with Gasteiger partial charge in [-0.15, -0.1) is 0 Å². The molecule has 0 unspecified atom stereocenters. The summed E-state index contributed by atoms with van der Waals surface area (Å²) in [5, 5.41) is 8.56. The number of nitrogens with zero attached hydrogens (tertiary/aromatic N) is 1. The third-order valence-electron chi connectivity index (χ3n) is 6.67. The van der Waals surface area contributed by atoms with Gasteiger partial charge in [-0.1, -0.05) is 12.1 Å². The van der Waals surface area contributed by atoms with Gasteiger partial charge < -0.3 is 15.5 Å². The van der Waals surface area contributed by atoms with Crippen LogP contribution in [0.4, 0.5) is 10.5 Å². The Bertz CT molecular complexity index is 785. The lowest BCUT2D eigenvalue weighted by atomic mass is 9.53. The molecule has 3 N–H and O–H groups in total. The molecule has 5 rings (SSSR count). The lowest BCUT2D eigenvalue weighted by molar-refractivity contribution is -0.118. The van der Waals surface area contributed by atoms with Gasteiger partial charge in [-0.2, -0.15) is 0 Å². The van der Waals surface area contributed by atoms with E-state index in [2.05, 4.69) is 16.0 Å². The molecule has 156 valence electrons. The van der Waals surface area contributed by atoms with E-state index in [0.29, 0.717) is 11.3 Å². The van der Waals surface area contributed by atoms with Crippen molar-refractivity contribution in [3.05, 3.63) is 29.8 Å². The second-order valence-electron chi connectivity index (χ2n) is 9.30. The maximum absolute atomic E-state index is 12.5. The first-order valence-electron chi connectivity index (χ1n) is 10.5. The van der Waals surface area contributed by atoms with Crippen molar-refractivity contribution in [1.29, 1.82) is 0 Å². The third-order valence-corrected chi connectivity index (χ3v) is 6.67. The van der Waals surface area contributed by atoms with E-state index in [-0.39, 0.29) is 18.0 Å². The number of rotatable bonds is 5. The molecule has 7 nitrogen and oxygen atoms in total. The topological polar surface area (TPSA) is 90.5 Å². The Morgan fingerprint density at radius 3 is 2.17 bits per heavy atom. The number of imide groups is 1. The Morgan fingerprint density at radius 2 is 1.59 bits per heavy atom. The molecule has 4 amide bonds. The van der Waals surface area contributed by atoms with Gasteiger partial charge in [-0.05, 0) is 68.4 Å². The van der Waals surface area contributed by atoms with Crippen molar-refractivity contribution in [2.45, 2.75) is 44.1 Å². The molecule has 4 bridgehead atoms. The molecule has 0 aliphatic heterocycles. The summed E-state index contributed by atoms with van der Waals surface area (Å²) in [6.07, 6.45) is 7.03. The number of hydrogen-bond donors (Lipinski definition) is 3. The first-order chi connectivity index (χ1) is 13.8. The van der Waals surface area contributed by atoms with Crippen LogP contribution in [0.2, 0.25) is 0 Å². The van der Waals surface area contributed by atoms with Crippen LogP contribution in [0.5, 0.6) is 0 Å².